The maximum atomic E-state index is 13.4. The fraction of sp³-hybridized carbons (Fsp3) is 0.240. The summed E-state index contributed by atoms with van der Waals surface area (Å²) < 4.78 is 6.00. The lowest BCUT2D eigenvalue weighted by molar-refractivity contribution is -0.133. The third kappa shape index (κ3) is 4.48. The van der Waals surface area contributed by atoms with Crippen molar-refractivity contribution in [1.82, 2.24) is 4.90 Å². The van der Waals surface area contributed by atoms with Gasteiger partial charge in [-0.3, -0.25) is 4.79 Å². The van der Waals surface area contributed by atoms with Crippen molar-refractivity contribution in [1.29, 1.82) is 0 Å². The van der Waals surface area contributed by atoms with Gasteiger partial charge in [0.15, 0.2) is 0 Å². The van der Waals surface area contributed by atoms with Crippen LogP contribution in [0.15, 0.2) is 84.9 Å². The number of hydrogen-bond donors (Lipinski definition) is 0. The van der Waals surface area contributed by atoms with E-state index in [-0.39, 0.29) is 17.2 Å². The minimum absolute atomic E-state index is 0.0274. The van der Waals surface area contributed by atoms with E-state index in [0.717, 1.165) is 41.3 Å². The lowest BCUT2D eigenvalue weighted by atomic mass is 9.95. The first kappa shape index (κ1) is 19.6. The molecule has 0 N–H and O–H groups in total. The summed E-state index contributed by atoms with van der Waals surface area (Å²) in [4.78, 5) is 15.5. The van der Waals surface area contributed by atoms with Crippen LogP contribution in [0.3, 0.4) is 0 Å². The number of ether oxygens (including phenoxy) is 1. The Morgan fingerprint density at radius 1 is 1.00 bits per heavy atom. The van der Waals surface area contributed by atoms with Gasteiger partial charge in [0.1, 0.15) is 16.9 Å². The highest BCUT2D eigenvalue weighted by Crippen LogP contribution is 2.41. The van der Waals surface area contributed by atoms with Crippen molar-refractivity contribution < 1.29 is 9.53 Å². The van der Waals surface area contributed by atoms with Gasteiger partial charge in [-0.05, 0) is 41.8 Å². The molecule has 1 aliphatic rings. The highest BCUT2D eigenvalue weighted by molar-refractivity contribution is 7.99. The molecule has 148 valence electrons. The maximum absolute atomic E-state index is 13.4. The molecule has 3 aromatic rings. The van der Waals surface area contributed by atoms with Gasteiger partial charge >= 0.3 is 0 Å². The molecule has 0 radical (unpaired) electrons. The number of benzene rings is 3. The van der Waals surface area contributed by atoms with Crippen LogP contribution in [-0.4, -0.2) is 23.1 Å². The fourth-order valence-corrected chi connectivity index (χ4v) is 5.02. The van der Waals surface area contributed by atoms with Crippen LogP contribution in [-0.2, 0) is 4.79 Å². The van der Waals surface area contributed by atoms with Crippen molar-refractivity contribution in [2.24, 2.45) is 0 Å². The average Bonchev–Trinajstić information content (AvgIpc) is 3.26. The lowest BCUT2D eigenvalue weighted by Crippen LogP contribution is -2.34. The molecule has 0 saturated carbocycles. The topological polar surface area (TPSA) is 29.5 Å². The molecule has 0 unspecified atom stereocenters. The van der Waals surface area contributed by atoms with Gasteiger partial charge in [-0.15, -0.1) is 11.8 Å². The molecular weight excluding hydrogens is 378 g/mol. The zero-order valence-corrected chi connectivity index (χ0v) is 17.3. The van der Waals surface area contributed by atoms with Gasteiger partial charge in [0.05, 0.1) is 5.92 Å². The molecule has 29 heavy (non-hydrogen) atoms. The Hall–Kier alpha value is -2.72. The SMILES string of the molecule is CC[C@H](C(=O)N1CCS[C@@H]1c1cccc(Oc2ccccc2)c1)c1ccccc1. The predicted molar refractivity (Wildman–Crippen MR) is 119 cm³/mol. The molecule has 1 heterocycles. The summed E-state index contributed by atoms with van der Waals surface area (Å²) in [5.74, 6) is 2.67. The summed E-state index contributed by atoms with van der Waals surface area (Å²) in [6, 6.07) is 28.0. The first-order valence-corrected chi connectivity index (χ1v) is 11.1. The number of carbonyl (C=O) groups is 1. The van der Waals surface area contributed by atoms with Crippen LogP contribution in [0.2, 0.25) is 0 Å². The molecule has 4 heteroatoms. The summed E-state index contributed by atoms with van der Waals surface area (Å²) in [5.41, 5.74) is 2.20. The van der Waals surface area contributed by atoms with Crippen LogP contribution in [0.4, 0.5) is 0 Å². The maximum Gasteiger partial charge on any atom is 0.231 e. The van der Waals surface area contributed by atoms with Gasteiger partial charge in [0.2, 0.25) is 5.91 Å². The Balaban J connectivity index is 1.55. The zero-order chi connectivity index (χ0) is 20.1. The Morgan fingerprint density at radius 3 is 2.41 bits per heavy atom. The van der Waals surface area contributed by atoms with Gasteiger partial charge in [-0.25, -0.2) is 0 Å². The van der Waals surface area contributed by atoms with Crippen LogP contribution in [0.25, 0.3) is 0 Å². The van der Waals surface area contributed by atoms with Crippen LogP contribution in [0, 0.1) is 0 Å². The minimum Gasteiger partial charge on any atom is -0.457 e. The van der Waals surface area contributed by atoms with Crippen molar-refractivity contribution in [3.63, 3.8) is 0 Å². The molecule has 4 rings (SSSR count). The standard InChI is InChI=1S/C25H25NO2S/c1-2-23(19-10-5-3-6-11-19)24(27)26-16-17-29-25(26)20-12-9-15-22(18-20)28-21-13-7-4-8-14-21/h3-15,18,23,25H,2,16-17H2,1H3/t23-,25+/m0/s1. The van der Waals surface area contributed by atoms with Gasteiger partial charge in [0.25, 0.3) is 0 Å². The van der Waals surface area contributed by atoms with Crippen LogP contribution in [0.1, 0.15) is 35.8 Å². The van der Waals surface area contributed by atoms with E-state index in [4.69, 9.17) is 4.74 Å². The minimum atomic E-state index is -0.0962. The monoisotopic (exact) mass is 403 g/mol. The highest BCUT2D eigenvalue weighted by Gasteiger charge is 2.34. The molecule has 1 amide bonds. The number of hydrogen-bond acceptors (Lipinski definition) is 3. The Kier molecular flexibility index (Phi) is 6.20. The van der Waals surface area contributed by atoms with Crippen LogP contribution in [0.5, 0.6) is 11.5 Å². The second kappa shape index (κ2) is 9.19. The normalized spacial score (nSPS) is 17.1. The second-order valence-electron chi connectivity index (χ2n) is 7.11. The molecule has 3 aromatic carbocycles. The summed E-state index contributed by atoms with van der Waals surface area (Å²) >= 11 is 1.82. The lowest BCUT2D eigenvalue weighted by Gasteiger charge is -2.28. The highest BCUT2D eigenvalue weighted by atomic mass is 32.2. The summed E-state index contributed by atoms with van der Waals surface area (Å²) in [6.45, 7) is 2.86. The Morgan fingerprint density at radius 2 is 1.69 bits per heavy atom. The molecule has 2 atom stereocenters. The van der Waals surface area contributed by atoms with Crippen molar-refractivity contribution >= 4 is 17.7 Å². The predicted octanol–water partition coefficient (Wildman–Crippen LogP) is 6.25. The Bertz CT molecular complexity index is 945. The molecule has 1 saturated heterocycles. The molecule has 3 nitrogen and oxygen atoms in total. The third-order valence-electron chi connectivity index (χ3n) is 5.20. The summed E-state index contributed by atoms with van der Waals surface area (Å²) in [6.07, 6.45) is 0.799. The van der Waals surface area contributed by atoms with Crippen molar-refractivity contribution in [3.05, 3.63) is 96.1 Å². The van der Waals surface area contributed by atoms with E-state index in [1.165, 1.54) is 0 Å². The number of carbonyl (C=O) groups excluding carboxylic acids is 1. The summed E-state index contributed by atoms with van der Waals surface area (Å²) in [7, 11) is 0. The van der Waals surface area contributed by atoms with Crippen LogP contribution < -0.4 is 4.74 Å². The smallest absolute Gasteiger partial charge is 0.231 e. The van der Waals surface area contributed by atoms with E-state index in [9.17, 15) is 4.79 Å². The van der Waals surface area contributed by atoms with E-state index in [0.29, 0.717) is 0 Å². The van der Waals surface area contributed by atoms with E-state index >= 15 is 0 Å². The van der Waals surface area contributed by atoms with Gasteiger partial charge < -0.3 is 9.64 Å². The van der Waals surface area contributed by atoms with Crippen molar-refractivity contribution in [2.45, 2.75) is 24.6 Å². The van der Waals surface area contributed by atoms with Crippen molar-refractivity contribution in [3.8, 4) is 11.5 Å². The van der Waals surface area contributed by atoms with Crippen LogP contribution >= 0.6 is 11.8 Å². The van der Waals surface area contributed by atoms with Gasteiger partial charge in [-0.2, -0.15) is 0 Å². The molecule has 0 spiro atoms. The quantitative estimate of drug-likeness (QED) is 0.487. The number of rotatable bonds is 6. The fourth-order valence-electron chi connectivity index (χ4n) is 3.77. The molecule has 0 aliphatic carbocycles. The van der Waals surface area contributed by atoms with E-state index in [2.05, 4.69) is 31.2 Å². The van der Waals surface area contributed by atoms with Crippen molar-refractivity contribution in [2.75, 3.05) is 12.3 Å². The molecule has 1 fully saturated rings. The molecule has 1 aliphatic heterocycles. The third-order valence-corrected chi connectivity index (χ3v) is 6.47. The van der Waals surface area contributed by atoms with Gasteiger partial charge in [0, 0.05) is 12.3 Å². The summed E-state index contributed by atoms with van der Waals surface area (Å²) in [5, 5.41) is 0.0274. The molecular formula is C25H25NO2S. The molecule has 0 bridgehead atoms. The first-order chi connectivity index (χ1) is 14.3. The number of para-hydroxylation sites is 1. The zero-order valence-electron chi connectivity index (χ0n) is 16.5. The second-order valence-corrected chi connectivity index (χ2v) is 8.30. The number of thioether (sulfide) groups is 1. The number of nitrogens with zero attached hydrogens (tertiary/aromatic N) is 1. The van der Waals surface area contributed by atoms with E-state index in [1.807, 2.05) is 77.3 Å². The molecule has 0 aromatic heterocycles. The first-order valence-electron chi connectivity index (χ1n) is 10.1. The number of amides is 1. The average molecular weight is 404 g/mol. The van der Waals surface area contributed by atoms with Gasteiger partial charge in [-0.1, -0.05) is 67.6 Å². The van der Waals surface area contributed by atoms with E-state index < -0.39 is 0 Å². The van der Waals surface area contributed by atoms with E-state index in [1.54, 1.807) is 0 Å². The largest absolute Gasteiger partial charge is 0.457 e. The Labute approximate surface area is 176 Å².